The molecule has 2 heterocycles. The number of rotatable bonds is 1. The average molecular weight is 227 g/mol. The molecule has 16 heavy (non-hydrogen) atoms. The van der Waals surface area contributed by atoms with Crippen LogP contribution in [0.15, 0.2) is 6.33 Å². The van der Waals surface area contributed by atoms with Crippen molar-refractivity contribution in [2.24, 2.45) is 0 Å². The fourth-order valence-corrected chi connectivity index (χ4v) is 1.76. The SMILES string of the molecule is C[C@]1(F)CN(c2ncnc(N)n2)CCC1O. The quantitative estimate of drug-likeness (QED) is 0.688. The zero-order valence-corrected chi connectivity index (χ0v) is 8.97. The lowest BCUT2D eigenvalue weighted by atomic mass is 9.94. The van der Waals surface area contributed by atoms with Crippen LogP contribution in [0, 0.1) is 0 Å². The number of anilines is 2. The summed E-state index contributed by atoms with van der Waals surface area (Å²) in [5, 5.41) is 9.48. The van der Waals surface area contributed by atoms with Crippen molar-refractivity contribution in [2.75, 3.05) is 23.7 Å². The molecule has 88 valence electrons. The lowest BCUT2D eigenvalue weighted by Crippen LogP contribution is -2.53. The summed E-state index contributed by atoms with van der Waals surface area (Å²) in [5.74, 6) is 0.458. The Labute approximate surface area is 92.3 Å². The minimum Gasteiger partial charge on any atom is -0.390 e. The smallest absolute Gasteiger partial charge is 0.230 e. The number of nitrogens with two attached hydrogens (primary N) is 1. The van der Waals surface area contributed by atoms with Gasteiger partial charge in [0.25, 0.3) is 0 Å². The number of hydrogen-bond acceptors (Lipinski definition) is 6. The molecule has 1 aromatic heterocycles. The number of aliphatic hydroxyl groups excluding tert-OH is 1. The highest BCUT2D eigenvalue weighted by atomic mass is 19.1. The largest absolute Gasteiger partial charge is 0.390 e. The molecule has 0 bridgehead atoms. The van der Waals surface area contributed by atoms with E-state index in [1.54, 1.807) is 4.90 Å². The molecule has 0 spiro atoms. The second kappa shape index (κ2) is 3.82. The lowest BCUT2D eigenvalue weighted by Gasteiger charge is -2.38. The van der Waals surface area contributed by atoms with Gasteiger partial charge in [0, 0.05) is 6.54 Å². The Morgan fingerprint density at radius 1 is 1.62 bits per heavy atom. The fraction of sp³-hybridized carbons (Fsp3) is 0.667. The van der Waals surface area contributed by atoms with E-state index >= 15 is 0 Å². The fourth-order valence-electron chi connectivity index (χ4n) is 1.76. The monoisotopic (exact) mass is 227 g/mol. The maximum Gasteiger partial charge on any atom is 0.230 e. The van der Waals surface area contributed by atoms with Crippen molar-refractivity contribution in [3.05, 3.63) is 6.33 Å². The van der Waals surface area contributed by atoms with Crippen LogP contribution in [-0.2, 0) is 0 Å². The van der Waals surface area contributed by atoms with E-state index in [0.29, 0.717) is 18.9 Å². The summed E-state index contributed by atoms with van der Waals surface area (Å²) in [4.78, 5) is 13.2. The predicted molar refractivity (Wildman–Crippen MR) is 56.6 cm³/mol. The maximum atomic E-state index is 13.9. The van der Waals surface area contributed by atoms with Crippen LogP contribution in [0.4, 0.5) is 16.3 Å². The molecular weight excluding hydrogens is 213 g/mol. The van der Waals surface area contributed by atoms with Crippen LogP contribution in [0.25, 0.3) is 0 Å². The molecule has 1 aliphatic rings. The third-order valence-corrected chi connectivity index (χ3v) is 2.73. The first kappa shape index (κ1) is 11.0. The maximum absolute atomic E-state index is 13.9. The first-order valence-corrected chi connectivity index (χ1v) is 5.05. The highest BCUT2D eigenvalue weighted by Crippen LogP contribution is 2.27. The van der Waals surface area contributed by atoms with E-state index < -0.39 is 11.8 Å². The number of nitrogen functional groups attached to an aromatic ring is 1. The third kappa shape index (κ3) is 2.04. The minimum absolute atomic E-state index is 0.0532. The van der Waals surface area contributed by atoms with E-state index in [1.165, 1.54) is 13.3 Å². The second-order valence-electron chi connectivity index (χ2n) is 4.15. The number of aliphatic hydroxyl groups is 1. The normalized spacial score (nSPS) is 30.4. The first-order chi connectivity index (χ1) is 7.49. The van der Waals surface area contributed by atoms with Crippen LogP contribution < -0.4 is 10.6 Å². The zero-order chi connectivity index (χ0) is 11.8. The van der Waals surface area contributed by atoms with Crippen LogP contribution >= 0.6 is 0 Å². The lowest BCUT2D eigenvalue weighted by molar-refractivity contribution is -0.00860. The summed E-state index contributed by atoms with van der Waals surface area (Å²) < 4.78 is 13.9. The molecule has 0 radical (unpaired) electrons. The Balaban J connectivity index is 2.18. The minimum atomic E-state index is -1.65. The van der Waals surface area contributed by atoms with Gasteiger partial charge in [-0.2, -0.15) is 4.98 Å². The van der Waals surface area contributed by atoms with E-state index in [1.807, 2.05) is 0 Å². The van der Waals surface area contributed by atoms with Gasteiger partial charge in [-0.1, -0.05) is 0 Å². The van der Waals surface area contributed by atoms with Gasteiger partial charge >= 0.3 is 0 Å². The number of hydrogen-bond donors (Lipinski definition) is 2. The molecule has 0 aliphatic carbocycles. The van der Waals surface area contributed by atoms with Gasteiger partial charge < -0.3 is 15.7 Å². The summed E-state index contributed by atoms with van der Waals surface area (Å²) in [6.07, 6.45) is 0.694. The molecule has 1 fully saturated rings. The Morgan fingerprint density at radius 3 is 3.00 bits per heavy atom. The number of piperidine rings is 1. The highest BCUT2D eigenvalue weighted by Gasteiger charge is 2.39. The molecule has 7 heteroatoms. The van der Waals surface area contributed by atoms with Crippen molar-refractivity contribution in [2.45, 2.75) is 25.1 Å². The standard InChI is InChI=1S/C9H14FN5O/c1-9(10)4-15(3-2-6(9)16)8-13-5-12-7(11)14-8/h5-6,16H,2-4H2,1H3,(H2,11,12,13,14)/t6?,9-/m0/s1. The molecule has 2 rings (SSSR count). The Kier molecular flexibility index (Phi) is 2.63. The zero-order valence-electron chi connectivity index (χ0n) is 8.97. The molecule has 0 amide bonds. The molecule has 1 aromatic rings. The molecule has 6 nitrogen and oxygen atoms in total. The van der Waals surface area contributed by atoms with Crippen LogP contribution in [0.1, 0.15) is 13.3 Å². The van der Waals surface area contributed by atoms with Gasteiger partial charge in [-0.15, -0.1) is 0 Å². The van der Waals surface area contributed by atoms with Gasteiger partial charge in [0.1, 0.15) is 6.33 Å². The Hall–Kier alpha value is -1.50. The number of halogens is 1. The van der Waals surface area contributed by atoms with Crippen LogP contribution in [0.3, 0.4) is 0 Å². The second-order valence-corrected chi connectivity index (χ2v) is 4.15. The van der Waals surface area contributed by atoms with Crippen LogP contribution in [-0.4, -0.2) is 44.9 Å². The first-order valence-electron chi connectivity index (χ1n) is 5.05. The Morgan fingerprint density at radius 2 is 2.38 bits per heavy atom. The van der Waals surface area contributed by atoms with Gasteiger partial charge in [0.05, 0.1) is 12.6 Å². The third-order valence-electron chi connectivity index (χ3n) is 2.73. The average Bonchev–Trinajstić information content (AvgIpc) is 2.22. The van der Waals surface area contributed by atoms with E-state index in [-0.39, 0.29) is 12.5 Å². The molecule has 1 unspecified atom stereocenters. The van der Waals surface area contributed by atoms with Crippen LogP contribution in [0.5, 0.6) is 0 Å². The van der Waals surface area contributed by atoms with Gasteiger partial charge in [-0.05, 0) is 13.3 Å². The van der Waals surface area contributed by atoms with Crippen molar-refractivity contribution < 1.29 is 9.50 Å². The van der Waals surface area contributed by atoms with Gasteiger partial charge in [-0.25, -0.2) is 14.4 Å². The summed E-state index contributed by atoms with van der Waals surface area (Å²) in [6, 6.07) is 0. The van der Waals surface area contributed by atoms with Crippen molar-refractivity contribution >= 4 is 11.9 Å². The molecule has 1 aliphatic heterocycles. The summed E-state index contributed by atoms with van der Waals surface area (Å²) in [6.45, 7) is 1.93. The van der Waals surface area contributed by atoms with Crippen molar-refractivity contribution in [3.8, 4) is 0 Å². The van der Waals surface area contributed by atoms with Crippen molar-refractivity contribution in [1.29, 1.82) is 0 Å². The van der Waals surface area contributed by atoms with Crippen molar-refractivity contribution in [1.82, 2.24) is 15.0 Å². The van der Waals surface area contributed by atoms with Crippen LogP contribution in [0.2, 0.25) is 0 Å². The van der Waals surface area contributed by atoms with E-state index in [2.05, 4.69) is 15.0 Å². The molecule has 0 aromatic carbocycles. The van der Waals surface area contributed by atoms with Crippen molar-refractivity contribution in [3.63, 3.8) is 0 Å². The summed E-state index contributed by atoms with van der Waals surface area (Å²) >= 11 is 0. The van der Waals surface area contributed by atoms with E-state index in [0.717, 1.165) is 0 Å². The number of nitrogens with zero attached hydrogens (tertiary/aromatic N) is 4. The molecule has 2 atom stereocenters. The van der Waals surface area contributed by atoms with E-state index in [9.17, 15) is 9.50 Å². The summed E-state index contributed by atoms with van der Waals surface area (Å²) in [5.41, 5.74) is 3.78. The molecule has 1 saturated heterocycles. The molecule has 0 saturated carbocycles. The Bertz CT molecular complexity index is 386. The predicted octanol–water partition coefficient (Wildman–Crippen LogP) is -0.247. The van der Waals surface area contributed by atoms with Gasteiger partial charge in [0.2, 0.25) is 11.9 Å². The van der Waals surface area contributed by atoms with E-state index in [4.69, 9.17) is 5.73 Å². The van der Waals surface area contributed by atoms with Gasteiger partial charge in [-0.3, -0.25) is 0 Å². The number of aromatic nitrogens is 3. The summed E-state index contributed by atoms with van der Waals surface area (Å²) in [7, 11) is 0. The van der Waals surface area contributed by atoms with Gasteiger partial charge in [0.15, 0.2) is 5.67 Å². The number of alkyl halides is 1. The molecule has 3 N–H and O–H groups in total. The highest BCUT2D eigenvalue weighted by molar-refractivity contribution is 5.34. The topological polar surface area (TPSA) is 88.2 Å². The molecular formula is C9H14FN5O.